The third-order valence-corrected chi connectivity index (χ3v) is 3.34. The van der Waals surface area contributed by atoms with Gasteiger partial charge in [0.25, 0.3) is 0 Å². The van der Waals surface area contributed by atoms with Gasteiger partial charge in [-0.2, -0.15) is 0 Å². The van der Waals surface area contributed by atoms with Crippen molar-refractivity contribution in [2.45, 2.75) is 6.61 Å². The number of nitrogens with zero attached hydrogens (tertiary/aromatic N) is 1. The maximum Gasteiger partial charge on any atom is 0.134 e. The van der Waals surface area contributed by atoms with Gasteiger partial charge < -0.3 is 9.72 Å². The van der Waals surface area contributed by atoms with Crippen LogP contribution in [0.5, 0.6) is 0 Å². The van der Waals surface area contributed by atoms with Gasteiger partial charge in [-0.05, 0) is 12.1 Å². The minimum Gasteiger partial charge on any atom is -0.377 e. The molecule has 2 rings (SSSR count). The van der Waals surface area contributed by atoms with Gasteiger partial charge in [-0.15, -0.1) is 0 Å². The van der Waals surface area contributed by atoms with Crippen LogP contribution in [0.3, 0.4) is 0 Å². The van der Waals surface area contributed by atoms with E-state index in [0.29, 0.717) is 27.1 Å². The van der Waals surface area contributed by atoms with Crippen molar-refractivity contribution in [1.82, 2.24) is 9.97 Å². The van der Waals surface area contributed by atoms with Gasteiger partial charge in [0, 0.05) is 12.7 Å². The molecule has 2 aromatic rings. The number of hydrogen-bond donors (Lipinski definition) is 1. The fraction of sp³-hybridized carbons (Fsp3) is 0.167. The van der Waals surface area contributed by atoms with Crippen LogP contribution >= 0.6 is 35.4 Å². The summed E-state index contributed by atoms with van der Waals surface area (Å²) in [7, 11) is 1.59. The second-order valence-corrected chi connectivity index (χ2v) is 4.82. The maximum atomic E-state index is 6.17. The number of hydrogen-bond acceptors (Lipinski definition) is 3. The Morgan fingerprint density at radius 2 is 2.17 bits per heavy atom. The number of aromatic amines is 1. The molecular weight excluding hydrogens is 291 g/mol. The van der Waals surface area contributed by atoms with Gasteiger partial charge in [0.1, 0.15) is 17.1 Å². The molecule has 6 heteroatoms. The molecule has 0 fully saturated rings. The normalized spacial score (nSPS) is 10.6. The third-order valence-electron chi connectivity index (χ3n) is 2.31. The summed E-state index contributed by atoms with van der Waals surface area (Å²) < 4.78 is 5.51. The fourth-order valence-corrected chi connectivity index (χ4v) is 2.20. The number of rotatable bonds is 3. The molecule has 0 atom stereocenters. The molecule has 1 heterocycles. The number of ether oxygens (including phenoxy) is 1. The van der Waals surface area contributed by atoms with Crippen LogP contribution in [-0.2, 0) is 11.3 Å². The summed E-state index contributed by atoms with van der Waals surface area (Å²) in [5.74, 6) is 0.649. The van der Waals surface area contributed by atoms with E-state index < -0.39 is 0 Å². The average Bonchev–Trinajstić information content (AvgIpc) is 2.32. The van der Waals surface area contributed by atoms with Crippen molar-refractivity contribution in [2.24, 2.45) is 0 Å². The van der Waals surface area contributed by atoms with Crippen molar-refractivity contribution in [1.29, 1.82) is 0 Å². The van der Waals surface area contributed by atoms with Crippen LogP contribution in [-0.4, -0.2) is 17.1 Å². The van der Waals surface area contributed by atoms with Crippen LogP contribution in [0.2, 0.25) is 10.0 Å². The second-order valence-electron chi connectivity index (χ2n) is 3.61. The molecule has 3 nitrogen and oxygen atoms in total. The molecular formula is C12H10Cl2N2OS. The Bertz CT molecular complexity index is 628. The highest BCUT2D eigenvalue weighted by molar-refractivity contribution is 7.71. The van der Waals surface area contributed by atoms with E-state index in [1.54, 1.807) is 19.2 Å². The summed E-state index contributed by atoms with van der Waals surface area (Å²) in [6.07, 6.45) is 0. The van der Waals surface area contributed by atoms with E-state index in [9.17, 15) is 0 Å². The zero-order chi connectivity index (χ0) is 13.1. The van der Waals surface area contributed by atoms with E-state index in [1.165, 1.54) is 0 Å². The molecule has 0 aliphatic rings. The zero-order valence-electron chi connectivity index (χ0n) is 9.54. The molecule has 0 aliphatic carbocycles. The van der Waals surface area contributed by atoms with Crippen molar-refractivity contribution in [3.05, 3.63) is 44.8 Å². The predicted octanol–water partition coefficient (Wildman–Crippen LogP) is 4.26. The fourth-order valence-electron chi connectivity index (χ4n) is 1.57. The molecule has 0 aliphatic heterocycles. The van der Waals surface area contributed by atoms with Gasteiger partial charge in [0.2, 0.25) is 0 Å². The molecule has 94 valence electrons. The van der Waals surface area contributed by atoms with Gasteiger partial charge in [0.05, 0.1) is 15.7 Å². The Morgan fingerprint density at radius 1 is 1.39 bits per heavy atom. The van der Waals surface area contributed by atoms with Gasteiger partial charge >= 0.3 is 0 Å². The van der Waals surface area contributed by atoms with E-state index >= 15 is 0 Å². The molecule has 1 N–H and O–H groups in total. The Kier molecular flexibility index (Phi) is 4.35. The lowest BCUT2D eigenvalue weighted by Gasteiger charge is -2.08. The Balaban J connectivity index is 2.56. The highest BCUT2D eigenvalue weighted by Gasteiger charge is 2.08. The number of halogens is 2. The Hall–Kier alpha value is -0.940. The van der Waals surface area contributed by atoms with E-state index in [4.69, 9.17) is 40.2 Å². The first-order valence-electron chi connectivity index (χ1n) is 5.15. The molecule has 0 spiro atoms. The topological polar surface area (TPSA) is 37.9 Å². The quantitative estimate of drug-likeness (QED) is 0.861. The second kappa shape index (κ2) is 5.80. The summed E-state index contributed by atoms with van der Waals surface area (Å²) in [5.41, 5.74) is 1.56. The van der Waals surface area contributed by atoms with Crippen molar-refractivity contribution in [3.8, 4) is 11.3 Å². The summed E-state index contributed by atoms with van der Waals surface area (Å²) in [6.45, 7) is 0.357. The van der Waals surface area contributed by atoms with Crippen LogP contribution in [0.25, 0.3) is 11.3 Å². The van der Waals surface area contributed by atoms with Gasteiger partial charge in [-0.3, -0.25) is 0 Å². The van der Waals surface area contributed by atoms with Gasteiger partial charge in [-0.25, -0.2) is 4.98 Å². The first-order valence-corrected chi connectivity index (χ1v) is 6.32. The van der Waals surface area contributed by atoms with Gasteiger partial charge in [0.15, 0.2) is 0 Å². The van der Waals surface area contributed by atoms with Crippen LogP contribution in [0, 0.1) is 4.64 Å². The lowest BCUT2D eigenvalue weighted by molar-refractivity contribution is 0.177. The summed E-state index contributed by atoms with van der Waals surface area (Å²) in [4.78, 5) is 7.28. The van der Waals surface area contributed by atoms with Crippen molar-refractivity contribution in [2.75, 3.05) is 7.11 Å². The molecule has 0 amide bonds. The number of methoxy groups -OCH3 is 1. The van der Waals surface area contributed by atoms with Crippen LogP contribution in [0.4, 0.5) is 0 Å². The lowest BCUT2D eigenvalue weighted by atomic mass is 10.1. The lowest BCUT2D eigenvalue weighted by Crippen LogP contribution is -1.99. The monoisotopic (exact) mass is 300 g/mol. The molecule has 1 aromatic carbocycles. The molecule has 0 unspecified atom stereocenters. The number of benzene rings is 1. The summed E-state index contributed by atoms with van der Waals surface area (Å²) in [5, 5.41) is 0.984. The van der Waals surface area contributed by atoms with E-state index in [-0.39, 0.29) is 0 Å². The van der Waals surface area contributed by atoms with Crippen LogP contribution < -0.4 is 0 Å². The summed E-state index contributed by atoms with van der Waals surface area (Å²) in [6, 6.07) is 7.17. The Morgan fingerprint density at radius 3 is 2.89 bits per heavy atom. The van der Waals surface area contributed by atoms with Crippen LogP contribution in [0.1, 0.15) is 5.82 Å². The molecule has 0 radical (unpaired) electrons. The van der Waals surface area contributed by atoms with Crippen molar-refractivity contribution >= 4 is 35.4 Å². The predicted molar refractivity (Wildman–Crippen MR) is 75.6 cm³/mol. The van der Waals surface area contributed by atoms with Crippen molar-refractivity contribution < 1.29 is 4.74 Å². The van der Waals surface area contributed by atoms with Gasteiger partial charge in [-0.1, -0.05) is 47.6 Å². The van der Waals surface area contributed by atoms with Crippen LogP contribution in [0.15, 0.2) is 24.3 Å². The molecule has 0 saturated carbocycles. The van der Waals surface area contributed by atoms with E-state index in [1.807, 2.05) is 12.1 Å². The van der Waals surface area contributed by atoms with Crippen molar-refractivity contribution in [3.63, 3.8) is 0 Å². The third kappa shape index (κ3) is 2.90. The van der Waals surface area contributed by atoms with E-state index in [0.717, 1.165) is 11.3 Å². The number of nitrogens with one attached hydrogen (secondary N) is 1. The molecule has 0 bridgehead atoms. The number of H-pyrrole nitrogens is 1. The summed E-state index contributed by atoms with van der Waals surface area (Å²) >= 11 is 17.3. The zero-order valence-corrected chi connectivity index (χ0v) is 11.9. The molecule has 0 saturated heterocycles. The largest absolute Gasteiger partial charge is 0.377 e. The smallest absolute Gasteiger partial charge is 0.134 e. The highest BCUT2D eigenvalue weighted by Crippen LogP contribution is 2.32. The standard InChI is InChI=1S/C12H10Cl2N2OS/c1-17-6-10-15-9(5-11(18)16-10)7-3-2-4-8(13)12(7)14/h2-5H,6H2,1H3,(H,15,16,18). The minimum atomic E-state index is 0.357. The first kappa shape index (κ1) is 13.5. The number of aromatic nitrogens is 2. The molecule has 1 aromatic heterocycles. The SMILES string of the molecule is COCc1nc(=S)cc(-c2cccc(Cl)c2Cl)[nH]1. The molecule has 18 heavy (non-hydrogen) atoms. The Labute approximate surface area is 120 Å². The van der Waals surface area contributed by atoms with E-state index in [2.05, 4.69) is 9.97 Å². The minimum absolute atomic E-state index is 0.357. The first-order chi connectivity index (χ1) is 8.61. The highest BCUT2D eigenvalue weighted by atomic mass is 35.5. The average molecular weight is 301 g/mol. The maximum absolute atomic E-state index is 6.17.